The van der Waals surface area contributed by atoms with Gasteiger partial charge in [0.15, 0.2) is 5.13 Å². The molecule has 122 valence electrons. The molecular weight excluding hydrogens is 331 g/mol. The smallest absolute Gasteiger partial charge is 0.222 e. The molecular formula is C13H24Cl2N4OS. The minimum absolute atomic E-state index is 0. The molecule has 2 N–H and O–H groups in total. The number of nitrogens with two attached hydrogens (primary N) is 1. The number of rotatable bonds is 4. The third kappa shape index (κ3) is 5.98. The molecule has 1 saturated heterocycles. The van der Waals surface area contributed by atoms with E-state index >= 15 is 0 Å². The summed E-state index contributed by atoms with van der Waals surface area (Å²) in [5, 5.41) is 3.13. The summed E-state index contributed by atoms with van der Waals surface area (Å²) in [5.74, 6) is 0.229. The molecule has 1 amide bonds. The normalized spacial score (nSPS) is 16.0. The Bertz CT molecular complexity index is 434. The number of piperazine rings is 1. The third-order valence-corrected chi connectivity index (χ3v) is 4.34. The highest BCUT2D eigenvalue weighted by Crippen LogP contribution is 2.21. The second-order valence-electron chi connectivity index (χ2n) is 5.16. The highest BCUT2D eigenvalue weighted by atomic mass is 35.5. The Balaban J connectivity index is 0.00000200. The van der Waals surface area contributed by atoms with Gasteiger partial charge in [-0.25, -0.2) is 4.98 Å². The molecule has 5 nitrogen and oxygen atoms in total. The van der Waals surface area contributed by atoms with Gasteiger partial charge in [0.25, 0.3) is 0 Å². The number of amides is 1. The van der Waals surface area contributed by atoms with E-state index in [0.717, 1.165) is 43.4 Å². The molecule has 0 bridgehead atoms. The molecule has 0 aromatic carbocycles. The predicted octanol–water partition coefficient (Wildman–Crippen LogP) is 2.07. The molecule has 1 aliphatic rings. The summed E-state index contributed by atoms with van der Waals surface area (Å²) in [5.41, 5.74) is 6.75. The van der Waals surface area contributed by atoms with Crippen LogP contribution in [0.4, 0.5) is 5.13 Å². The average Bonchev–Trinajstić information content (AvgIpc) is 2.83. The van der Waals surface area contributed by atoms with Gasteiger partial charge in [-0.1, -0.05) is 0 Å². The number of aryl methyl sites for hydroxylation is 1. The van der Waals surface area contributed by atoms with Crippen LogP contribution in [0.5, 0.6) is 0 Å². The van der Waals surface area contributed by atoms with Gasteiger partial charge in [0.05, 0.1) is 5.69 Å². The number of halogens is 2. The van der Waals surface area contributed by atoms with Crippen molar-refractivity contribution in [2.45, 2.75) is 32.7 Å². The molecule has 1 fully saturated rings. The van der Waals surface area contributed by atoms with Crippen LogP contribution in [0.15, 0.2) is 5.38 Å². The molecule has 8 heteroatoms. The van der Waals surface area contributed by atoms with Crippen LogP contribution in [-0.4, -0.2) is 48.0 Å². The van der Waals surface area contributed by atoms with Crippen LogP contribution in [-0.2, 0) is 4.79 Å². The summed E-state index contributed by atoms with van der Waals surface area (Å²) in [6.45, 7) is 7.27. The molecule has 1 aromatic rings. The third-order valence-electron chi connectivity index (χ3n) is 3.32. The van der Waals surface area contributed by atoms with E-state index in [1.165, 1.54) is 0 Å². The highest BCUT2D eigenvalue weighted by molar-refractivity contribution is 7.13. The Morgan fingerprint density at radius 3 is 2.48 bits per heavy atom. The van der Waals surface area contributed by atoms with Gasteiger partial charge in [-0.3, -0.25) is 4.79 Å². The first-order chi connectivity index (χ1) is 9.06. The lowest BCUT2D eigenvalue weighted by Gasteiger charge is -2.34. The molecule has 1 aliphatic heterocycles. The maximum Gasteiger partial charge on any atom is 0.222 e. The molecule has 21 heavy (non-hydrogen) atoms. The Kier molecular flexibility index (Phi) is 9.20. The number of thiazole rings is 1. The van der Waals surface area contributed by atoms with Crippen molar-refractivity contribution in [1.82, 2.24) is 9.88 Å². The van der Waals surface area contributed by atoms with Crippen molar-refractivity contribution in [2.24, 2.45) is 5.73 Å². The Morgan fingerprint density at radius 2 is 2.00 bits per heavy atom. The molecule has 0 aliphatic carbocycles. The molecule has 1 aromatic heterocycles. The Hall–Kier alpha value is -0.560. The number of carbonyl (C=O) groups excluding carboxylic acids is 1. The first-order valence-electron chi connectivity index (χ1n) is 6.76. The fraction of sp³-hybridized carbons (Fsp3) is 0.692. The van der Waals surface area contributed by atoms with Crippen molar-refractivity contribution in [3.05, 3.63) is 11.1 Å². The van der Waals surface area contributed by atoms with Crippen LogP contribution in [0.25, 0.3) is 0 Å². The van der Waals surface area contributed by atoms with Crippen LogP contribution in [0.1, 0.15) is 25.5 Å². The van der Waals surface area contributed by atoms with E-state index in [4.69, 9.17) is 5.73 Å². The van der Waals surface area contributed by atoms with Crippen LogP contribution in [0.3, 0.4) is 0 Å². The zero-order chi connectivity index (χ0) is 13.8. The van der Waals surface area contributed by atoms with Gasteiger partial charge in [-0.2, -0.15) is 0 Å². The lowest BCUT2D eigenvalue weighted by molar-refractivity contribution is -0.131. The fourth-order valence-corrected chi connectivity index (χ4v) is 3.00. The van der Waals surface area contributed by atoms with Gasteiger partial charge in [0.2, 0.25) is 5.91 Å². The van der Waals surface area contributed by atoms with Crippen LogP contribution in [0, 0.1) is 6.92 Å². The molecule has 0 radical (unpaired) electrons. The molecule has 0 saturated carbocycles. The summed E-state index contributed by atoms with van der Waals surface area (Å²) in [6, 6.07) is 0.100. The zero-order valence-electron chi connectivity index (χ0n) is 12.4. The molecule has 1 atom stereocenters. The van der Waals surface area contributed by atoms with E-state index in [1.807, 2.05) is 18.7 Å². The average molecular weight is 355 g/mol. The van der Waals surface area contributed by atoms with Crippen molar-refractivity contribution in [3.63, 3.8) is 0 Å². The maximum absolute atomic E-state index is 12.0. The second-order valence-corrected chi connectivity index (χ2v) is 5.99. The minimum atomic E-state index is 0. The SMILES string of the molecule is Cc1csc(N2CCN(C(=O)CCC(C)N)CC2)n1.Cl.Cl. The van der Waals surface area contributed by atoms with E-state index in [9.17, 15) is 4.79 Å². The molecule has 0 spiro atoms. The topological polar surface area (TPSA) is 62.5 Å². The number of anilines is 1. The lowest BCUT2D eigenvalue weighted by atomic mass is 10.1. The largest absolute Gasteiger partial charge is 0.345 e. The summed E-state index contributed by atoms with van der Waals surface area (Å²) in [7, 11) is 0. The van der Waals surface area contributed by atoms with Crippen LogP contribution in [0.2, 0.25) is 0 Å². The maximum atomic E-state index is 12.0. The standard InChI is InChI=1S/C13H22N4OS.2ClH/c1-10(14)3-4-12(18)16-5-7-17(8-6-16)13-15-11(2)9-19-13;;/h9-10H,3-8,14H2,1-2H3;2*1H. The van der Waals surface area contributed by atoms with Gasteiger partial charge >= 0.3 is 0 Å². The van der Waals surface area contributed by atoms with Crippen LogP contribution < -0.4 is 10.6 Å². The van der Waals surface area contributed by atoms with E-state index < -0.39 is 0 Å². The van der Waals surface area contributed by atoms with Crippen molar-refractivity contribution in [3.8, 4) is 0 Å². The van der Waals surface area contributed by atoms with E-state index in [-0.39, 0.29) is 36.8 Å². The van der Waals surface area contributed by atoms with Gasteiger partial charge in [-0.15, -0.1) is 36.2 Å². The monoisotopic (exact) mass is 354 g/mol. The minimum Gasteiger partial charge on any atom is -0.345 e. The lowest BCUT2D eigenvalue weighted by Crippen LogP contribution is -2.48. The molecule has 1 unspecified atom stereocenters. The second kappa shape index (κ2) is 9.46. The van der Waals surface area contributed by atoms with Gasteiger partial charge in [0.1, 0.15) is 0 Å². The van der Waals surface area contributed by atoms with Gasteiger partial charge < -0.3 is 15.5 Å². The number of hydrogen-bond acceptors (Lipinski definition) is 5. The highest BCUT2D eigenvalue weighted by Gasteiger charge is 2.22. The number of nitrogens with zero attached hydrogens (tertiary/aromatic N) is 3. The van der Waals surface area contributed by atoms with E-state index in [1.54, 1.807) is 11.3 Å². The van der Waals surface area contributed by atoms with E-state index in [0.29, 0.717) is 6.42 Å². The Labute approximate surface area is 142 Å². The van der Waals surface area contributed by atoms with Gasteiger partial charge in [0, 0.05) is 44.0 Å². The summed E-state index contributed by atoms with van der Waals surface area (Å²) < 4.78 is 0. The van der Waals surface area contributed by atoms with E-state index in [2.05, 4.69) is 15.3 Å². The van der Waals surface area contributed by atoms with Crippen molar-refractivity contribution >= 4 is 47.2 Å². The first kappa shape index (κ1) is 20.4. The number of aromatic nitrogens is 1. The summed E-state index contributed by atoms with van der Waals surface area (Å²) >= 11 is 1.67. The quantitative estimate of drug-likeness (QED) is 0.898. The first-order valence-corrected chi connectivity index (χ1v) is 7.64. The summed E-state index contributed by atoms with van der Waals surface area (Å²) in [6.07, 6.45) is 1.33. The van der Waals surface area contributed by atoms with Crippen molar-refractivity contribution in [2.75, 3.05) is 31.1 Å². The summed E-state index contributed by atoms with van der Waals surface area (Å²) in [4.78, 5) is 20.7. The van der Waals surface area contributed by atoms with Gasteiger partial charge in [-0.05, 0) is 20.3 Å². The Morgan fingerprint density at radius 1 is 1.38 bits per heavy atom. The van der Waals surface area contributed by atoms with Crippen LogP contribution >= 0.6 is 36.2 Å². The number of hydrogen-bond donors (Lipinski definition) is 1. The fourth-order valence-electron chi connectivity index (χ4n) is 2.14. The number of carbonyl (C=O) groups is 1. The molecule has 2 rings (SSSR count). The molecule has 2 heterocycles. The van der Waals surface area contributed by atoms with Crippen molar-refractivity contribution < 1.29 is 4.79 Å². The zero-order valence-corrected chi connectivity index (χ0v) is 14.9. The van der Waals surface area contributed by atoms with Crippen molar-refractivity contribution in [1.29, 1.82) is 0 Å². The predicted molar refractivity (Wildman–Crippen MR) is 93.0 cm³/mol.